The molecule has 1 amide bonds. The van der Waals surface area contributed by atoms with Crippen molar-refractivity contribution in [2.24, 2.45) is 11.8 Å². The summed E-state index contributed by atoms with van der Waals surface area (Å²) < 4.78 is 0. The molecule has 5 heteroatoms. The highest BCUT2D eigenvalue weighted by Crippen LogP contribution is 2.26. The van der Waals surface area contributed by atoms with Gasteiger partial charge in [0.05, 0.1) is 5.92 Å². The molecule has 96 valence electrons. The molecule has 2 aliphatic rings. The molecular formula is C12H20N2O3. The van der Waals surface area contributed by atoms with Crippen molar-refractivity contribution in [1.82, 2.24) is 10.6 Å². The molecule has 1 saturated heterocycles. The van der Waals surface area contributed by atoms with E-state index in [0.717, 1.165) is 25.7 Å². The van der Waals surface area contributed by atoms with Crippen LogP contribution in [0.5, 0.6) is 0 Å². The number of hydrogen-bond donors (Lipinski definition) is 3. The molecule has 1 saturated carbocycles. The first-order valence-corrected chi connectivity index (χ1v) is 6.42. The predicted octanol–water partition coefficient (Wildman–Crippen LogP) is 0.355. The summed E-state index contributed by atoms with van der Waals surface area (Å²) in [5, 5.41) is 14.9. The topological polar surface area (TPSA) is 78.4 Å². The van der Waals surface area contributed by atoms with Crippen LogP contribution in [0.1, 0.15) is 32.1 Å². The van der Waals surface area contributed by atoms with Crippen molar-refractivity contribution >= 4 is 11.9 Å². The zero-order valence-corrected chi connectivity index (χ0v) is 9.95. The fraction of sp³-hybridized carbons (Fsp3) is 0.833. The van der Waals surface area contributed by atoms with E-state index >= 15 is 0 Å². The number of amides is 1. The average molecular weight is 240 g/mol. The van der Waals surface area contributed by atoms with E-state index in [0.29, 0.717) is 13.1 Å². The molecule has 1 aliphatic carbocycles. The maximum absolute atomic E-state index is 11.8. The first kappa shape index (κ1) is 12.4. The van der Waals surface area contributed by atoms with Crippen LogP contribution in [0.2, 0.25) is 0 Å². The summed E-state index contributed by atoms with van der Waals surface area (Å²) in [4.78, 5) is 23.0. The third-order valence-corrected chi connectivity index (χ3v) is 3.84. The van der Waals surface area contributed by atoms with Crippen LogP contribution >= 0.6 is 0 Å². The minimum atomic E-state index is -0.891. The lowest BCUT2D eigenvalue weighted by Crippen LogP contribution is -2.55. The van der Waals surface area contributed by atoms with E-state index in [1.807, 2.05) is 0 Å². The first-order valence-electron chi connectivity index (χ1n) is 6.42. The predicted molar refractivity (Wildman–Crippen MR) is 62.5 cm³/mol. The Balaban J connectivity index is 1.91. The van der Waals surface area contributed by atoms with E-state index in [4.69, 9.17) is 0 Å². The monoisotopic (exact) mass is 240 g/mol. The largest absolute Gasteiger partial charge is 0.480 e. The highest BCUT2D eigenvalue weighted by Gasteiger charge is 2.34. The fourth-order valence-electron chi connectivity index (χ4n) is 2.59. The molecule has 3 N–H and O–H groups in total. The molecule has 1 aliphatic heterocycles. The Kier molecular flexibility index (Phi) is 3.99. The number of carbonyl (C=O) groups is 2. The van der Waals surface area contributed by atoms with Crippen molar-refractivity contribution in [1.29, 1.82) is 0 Å². The van der Waals surface area contributed by atoms with Crippen LogP contribution in [0.4, 0.5) is 0 Å². The molecule has 5 nitrogen and oxygen atoms in total. The summed E-state index contributed by atoms with van der Waals surface area (Å²) in [6, 6.07) is -0.691. The Morgan fingerprint density at radius 1 is 1.18 bits per heavy atom. The Morgan fingerprint density at radius 3 is 2.29 bits per heavy atom. The van der Waals surface area contributed by atoms with Crippen LogP contribution in [-0.4, -0.2) is 36.1 Å². The molecule has 0 spiro atoms. The van der Waals surface area contributed by atoms with Gasteiger partial charge in [0.15, 0.2) is 0 Å². The smallest absolute Gasteiger partial charge is 0.326 e. The maximum Gasteiger partial charge on any atom is 0.326 e. The van der Waals surface area contributed by atoms with Crippen molar-refractivity contribution in [3.8, 4) is 0 Å². The molecule has 1 atom stereocenters. The SMILES string of the molecule is O=C(NC(C(=O)O)C1CCCCC1)C1CNC1. The van der Waals surface area contributed by atoms with Gasteiger partial charge in [-0.1, -0.05) is 19.3 Å². The summed E-state index contributed by atoms with van der Waals surface area (Å²) in [6.45, 7) is 1.34. The molecule has 1 heterocycles. The van der Waals surface area contributed by atoms with Crippen molar-refractivity contribution in [3.05, 3.63) is 0 Å². The van der Waals surface area contributed by atoms with Gasteiger partial charge in [-0.25, -0.2) is 4.79 Å². The van der Waals surface area contributed by atoms with E-state index in [1.54, 1.807) is 0 Å². The number of aliphatic carboxylic acids is 1. The van der Waals surface area contributed by atoms with Gasteiger partial charge in [0.2, 0.25) is 5.91 Å². The molecular weight excluding hydrogens is 220 g/mol. The molecule has 0 aromatic rings. The third kappa shape index (κ3) is 2.97. The number of rotatable bonds is 4. The first-order chi connectivity index (χ1) is 8.18. The number of carboxylic acid groups (broad SMARTS) is 1. The normalized spacial score (nSPS) is 23.8. The van der Waals surface area contributed by atoms with Gasteiger partial charge < -0.3 is 15.7 Å². The van der Waals surface area contributed by atoms with Gasteiger partial charge in [-0.15, -0.1) is 0 Å². The quantitative estimate of drug-likeness (QED) is 0.663. The zero-order chi connectivity index (χ0) is 12.3. The van der Waals surface area contributed by atoms with Crippen LogP contribution < -0.4 is 10.6 Å². The summed E-state index contributed by atoms with van der Waals surface area (Å²) in [6.07, 6.45) is 5.17. The maximum atomic E-state index is 11.8. The van der Waals surface area contributed by atoms with Gasteiger partial charge in [-0.3, -0.25) is 4.79 Å². The van der Waals surface area contributed by atoms with Gasteiger partial charge in [0.1, 0.15) is 6.04 Å². The van der Waals surface area contributed by atoms with Crippen LogP contribution in [0.25, 0.3) is 0 Å². The van der Waals surface area contributed by atoms with Gasteiger partial charge >= 0.3 is 5.97 Å². The van der Waals surface area contributed by atoms with Crippen molar-refractivity contribution in [2.75, 3.05) is 13.1 Å². The Morgan fingerprint density at radius 2 is 1.82 bits per heavy atom. The number of hydrogen-bond acceptors (Lipinski definition) is 3. The van der Waals surface area contributed by atoms with E-state index in [-0.39, 0.29) is 17.7 Å². The van der Waals surface area contributed by atoms with Crippen LogP contribution in [0.3, 0.4) is 0 Å². The second-order valence-corrected chi connectivity index (χ2v) is 5.08. The molecule has 2 rings (SSSR count). The standard InChI is InChI=1S/C12H20N2O3/c15-11(9-6-13-7-9)14-10(12(16)17)8-4-2-1-3-5-8/h8-10,13H,1-7H2,(H,14,15)(H,16,17). The minimum absolute atomic E-state index is 0.0413. The van der Waals surface area contributed by atoms with Gasteiger partial charge in [-0.05, 0) is 18.8 Å². The summed E-state index contributed by atoms with van der Waals surface area (Å²) in [5.41, 5.74) is 0. The van der Waals surface area contributed by atoms with Gasteiger partial charge in [0.25, 0.3) is 0 Å². The Hall–Kier alpha value is -1.10. The van der Waals surface area contributed by atoms with Crippen molar-refractivity contribution in [2.45, 2.75) is 38.1 Å². The number of carbonyl (C=O) groups excluding carboxylic acids is 1. The lowest BCUT2D eigenvalue weighted by molar-refractivity contribution is -0.144. The summed E-state index contributed by atoms with van der Waals surface area (Å²) in [7, 11) is 0. The number of carboxylic acids is 1. The van der Waals surface area contributed by atoms with Gasteiger partial charge in [0, 0.05) is 13.1 Å². The zero-order valence-electron chi connectivity index (χ0n) is 9.95. The Labute approximate surface area is 101 Å². The lowest BCUT2D eigenvalue weighted by Gasteiger charge is -2.31. The highest BCUT2D eigenvalue weighted by atomic mass is 16.4. The molecule has 0 bridgehead atoms. The van der Waals surface area contributed by atoms with E-state index < -0.39 is 12.0 Å². The van der Waals surface area contributed by atoms with Crippen LogP contribution in [0.15, 0.2) is 0 Å². The van der Waals surface area contributed by atoms with Crippen LogP contribution in [-0.2, 0) is 9.59 Å². The average Bonchev–Trinajstić information content (AvgIpc) is 2.24. The fourth-order valence-corrected chi connectivity index (χ4v) is 2.59. The molecule has 0 aromatic carbocycles. The molecule has 0 radical (unpaired) electrons. The van der Waals surface area contributed by atoms with Crippen molar-refractivity contribution < 1.29 is 14.7 Å². The number of nitrogens with one attached hydrogen (secondary N) is 2. The summed E-state index contributed by atoms with van der Waals surface area (Å²) >= 11 is 0. The van der Waals surface area contributed by atoms with Gasteiger partial charge in [-0.2, -0.15) is 0 Å². The van der Waals surface area contributed by atoms with Crippen molar-refractivity contribution in [3.63, 3.8) is 0 Å². The van der Waals surface area contributed by atoms with Crippen LogP contribution in [0, 0.1) is 11.8 Å². The minimum Gasteiger partial charge on any atom is -0.480 e. The Bertz CT molecular complexity index is 296. The second-order valence-electron chi connectivity index (χ2n) is 5.08. The molecule has 17 heavy (non-hydrogen) atoms. The molecule has 1 unspecified atom stereocenters. The summed E-state index contributed by atoms with van der Waals surface area (Å²) in [5.74, 6) is -0.932. The molecule has 0 aromatic heterocycles. The van der Waals surface area contributed by atoms with E-state index in [9.17, 15) is 14.7 Å². The van der Waals surface area contributed by atoms with E-state index in [2.05, 4.69) is 10.6 Å². The third-order valence-electron chi connectivity index (χ3n) is 3.84. The second kappa shape index (κ2) is 5.49. The molecule has 2 fully saturated rings. The lowest BCUT2D eigenvalue weighted by atomic mass is 9.83. The van der Waals surface area contributed by atoms with E-state index in [1.165, 1.54) is 6.42 Å². The highest BCUT2D eigenvalue weighted by molar-refractivity contribution is 5.86.